The van der Waals surface area contributed by atoms with E-state index in [2.05, 4.69) is 13.0 Å². The van der Waals surface area contributed by atoms with Crippen LogP contribution < -0.4 is 9.84 Å². The number of carbonyl (C=O) groups excluding carboxylic acids is 1. The standard InChI is InChI=1S/C31H29Cl3O5/c1-19-24(25(29(35)36)27(33)28(34)26(19)32)18-39-31(20-8-6-5-7-9-20,21-10-12-22(37-3)13-11-21)30(2)16-14-23(38-4)15-17-30/h5-16H,17-18H2,1-4H3,(H,35,36)/p-1. The predicted molar refractivity (Wildman–Crippen MR) is 153 cm³/mol. The number of benzene rings is 3. The number of methoxy groups -OCH3 is 2. The molecule has 0 aromatic heterocycles. The number of ether oxygens (including phenoxy) is 3. The Balaban J connectivity index is 1.98. The Kier molecular flexibility index (Phi) is 8.67. The Morgan fingerprint density at radius 2 is 1.59 bits per heavy atom. The van der Waals surface area contributed by atoms with E-state index in [1.165, 1.54) is 0 Å². The zero-order valence-corrected chi connectivity index (χ0v) is 24.3. The second kappa shape index (κ2) is 11.6. The fraction of sp³-hybridized carbons (Fsp3) is 0.258. The van der Waals surface area contributed by atoms with Crippen LogP contribution in [0.5, 0.6) is 5.75 Å². The summed E-state index contributed by atoms with van der Waals surface area (Å²) >= 11 is 19.1. The molecule has 0 spiro atoms. The Morgan fingerprint density at radius 3 is 2.13 bits per heavy atom. The normalized spacial score (nSPS) is 18.3. The summed E-state index contributed by atoms with van der Waals surface area (Å²) in [6, 6.07) is 17.5. The summed E-state index contributed by atoms with van der Waals surface area (Å²) in [6.07, 6.45) is 6.57. The van der Waals surface area contributed by atoms with Gasteiger partial charge in [-0.2, -0.15) is 0 Å². The lowest BCUT2D eigenvalue weighted by Gasteiger charge is -2.49. The van der Waals surface area contributed by atoms with Crippen LogP contribution >= 0.6 is 34.8 Å². The highest BCUT2D eigenvalue weighted by molar-refractivity contribution is 6.49. The van der Waals surface area contributed by atoms with Crippen molar-refractivity contribution in [3.05, 3.63) is 121 Å². The molecule has 3 aromatic carbocycles. The number of aromatic carboxylic acids is 1. The minimum absolute atomic E-state index is 0.0392. The summed E-state index contributed by atoms with van der Waals surface area (Å²) in [5.74, 6) is -0.0278. The second-order valence-electron chi connectivity index (χ2n) is 9.54. The fourth-order valence-corrected chi connectivity index (χ4v) is 5.96. The molecule has 39 heavy (non-hydrogen) atoms. The van der Waals surface area contributed by atoms with Crippen molar-refractivity contribution in [2.45, 2.75) is 32.5 Å². The molecular weight excluding hydrogens is 559 g/mol. The summed E-state index contributed by atoms with van der Waals surface area (Å²) in [6.45, 7) is 3.64. The summed E-state index contributed by atoms with van der Waals surface area (Å²) in [5, 5.41) is 12.2. The maximum atomic E-state index is 12.2. The van der Waals surface area contributed by atoms with Crippen LogP contribution in [0.3, 0.4) is 0 Å². The van der Waals surface area contributed by atoms with Crippen molar-refractivity contribution in [2.75, 3.05) is 14.2 Å². The number of carboxylic acids is 1. The van der Waals surface area contributed by atoms with Crippen molar-refractivity contribution in [1.82, 2.24) is 0 Å². The molecule has 0 saturated heterocycles. The van der Waals surface area contributed by atoms with Gasteiger partial charge in [0.25, 0.3) is 0 Å². The van der Waals surface area contributed by atoms with E-state index in [0.29, 0.717) is 23.3 Å². The summed E-state index contributed by atoms with van der Waals surface area (Å²) in [7, 11) is 3.23. The number of halogens is 3. The van der Waals surface area contributed by atoms with Crippen molar-refractivity contribution < 1.29 is 24.1 Å². The molecule has 3 aromatic rings. The van der Waals surface area contributed by atoms with Gasteiger partial charge in [-0.3, -0.25) is 0 Å². The molecule has 1 aliphatic rings. The van der Waals surface area contributed by atoms with Crippen LogP contribution in [0.25, 0.3) is 0 Å². The first-order valence-electron chi connectivity index (χ1n) is 12.2. The molecule has 0 radical (unpaired) electrons. The van der Waals surface area contributed by atoms with Gasteiger partial charge in [0.1, 0.15) is 17.1 Å². The monoisotopic (exact) mass is 585 g/mol. The number of carboxylic acid groups (broad SMARTS) is 1. The molecule has 2 unspecified atom stereocenters. The van der Waals surface area contributed by atoms with E-state index in [9.17, 15) is 9.90 Å². The first-order valence-corrected chi connectivity index (χ1v) is 13.4. The maximum absolute atomic E-state index is 12.2. The highest BCUT2D eigenvalue weighted by Crippen LogP contribution is 2.54. The molecule has 4 rings (SSSR count). The molecule has 0 saturated carbocycles. The topological polar surface area (TPSA) is 67.8 Å². The third-order valence-corrected chi connectivity index (χ3v) is 8.81. The van der Waals surface area contributed by atoms with Crippen molar-refractivity contribution in [3.8, 4) is 5.75 Å². The van der Waals surface area contributed by atoms with Crippen LogP contribution in [0.15, 0.2) is 78.6 Å². The van der Waals surface area contributed by atoms with Gasteiger partial charge in [-0.25, -0.2) is 0 Å². The van der Waals surface area contributed by atoms with E-state index in [1.54, 1.807) is 21.1 Å². The molecule has 0 fully saturated rings. The predicted octanol–water partition coefficient (Wildman–Crippen LogP) is 7.28. The van der Waals surface area contributed by atoms with Crippen molar-refractivity contribution in [1.29, 1.82) is 0 Å². The molecule has 0 aliphatic heterocycles. The average molecular weight is 587 g/mol. The van der Waals surface area contributed by atoms with E-state index in [1.807, 2.05) is 66.7 Å². The smallest absolute Gasteiger partial charge is 0.128 e. The average Bonchev–Trinajstić information content (AvgIpc) is 2.95. The minimum Gasteiger partial charge on any atom is -0.545 e. The Labute approximate surface area is 243 Å². The molecule has 5 nitrogen and oxygen atoms in total. The van der Waals surface area contributed by atoms with Crippen LogP contribution in [0, 0.1) is 12.3 Å². The number of rotatable bonds is 9. The summed E-state index contributed by atoms with van der Waals surface area (Å²) in [5.41, 5.74) is 0.477. The Bertz CT molecular complexity index is 1430. The van der Waals surface area contributed by atoms with E-state index < -0.39 is 17.0 Å². The van der Waals surface area contributed by atoms with Gasteiger partial charge in [0.2, 0.25) is 0 Å². The summed E-state index contributed by atoms with van der Waals surface area (Å²) in [4.78, 5) is 12.2. The van der Waals surface area contributed by atoms with Gasteiger partial charge in [-0.1, -0.05) is 90.3 Å². The molecule has 0 amide bonds. The third kappa shape index (κ3) is 5.17. The van der Waals surface area contributed by atoms with E-state index in [4.69, 9.17) is 49.0 Å². The van der Waals surface area contributed by atoms with E-state index >= 15 is 0 Å². The van der Waals surface area contributed by atoms with Gasteiger partial charge in [0.05, 0.1) is 41.9 Å². The van der Waals surface area contributed by atoms with Crippen LogP contribution in [-0.2, 0) is 21.7 Å². The highest BCUT2D eigenvalue weighted by atomic mass is 35.5. The molecular formula is C31H28Cl3O5-. The van der Waals surface area contributed by atoms with Crippen LogP contribution in [0.4, 0.5) is 0 Å². The van der Waals surface area contributed by atoms with Gasteiger partial charge >= 0.3 is 0 Å². The van der Waals surface area contributed by atoms with Crippen molar-refractivity contribution in [3.63, 3.8) is 0 Å². The van der Waals surface area contributed by atoms with Gasteiger partial charge in [0, 0.05) is 11.0 Å². The van der Waals surface area contributed by atoms with Crippen molar-refractivity contribution >= 4 is 40.8 Å². The summed E-state index contributed by atoms with van der Waals surface area (Å²) < 4.78 is 17.9. The maximum Gasteiger partial charge on any atom is 0.128 e. The van der Waals surface area contributed by atoms with Gasteiger partial charge in [-0.05, 0) is 59.9 Å². The molecule has 8 heteroatoms. The third-order valence-electron chi connectivity index (χ3n) is 7.39. The lowest BCUT2D eigenvalue weighted by atomic mass is 9.63. The molecule has 1 aliphatic carbocycles. The molecule has 0 bridgehead atoms. The van der Waals surface area contributed by atoms with Crippen LogP contribution in [-0.4, -0.2) is 20.2 Å². The zero-order chi connectivity index (χ0) is 28.4. The second-order valence-corrected chi connectivity index (χ2v) is 10.7. The van der Waals surface area contributed by atoms with Gasteiger partial charge in [0.15, 0.2) is 0 Å². The van der Waals surface area contributed by atoms with Gasteiger partial charge in [-0.15, -0.1) is 0 Å². The number of hydrogen-bond donors (Lipinski definition) is 0. The Hall–Kier alpha value is -2.96. The lowest BCUT2D eigenvalue weighted by Crippen LogP contribution is -2.46. The number of carbonyl (C=O) groups is 1. The number of hydrogen-bond acceptors (Lipinski definition) is 5. The largest absolute Gasteiger partial charge is 0.545 e. The quantitative estimate of drug-likeness (QED) is 0.246. The van der Waals surface area contributed by atoms with Crippen LogP contribution in [0.1, 0.15) is 46.0 Å². The lowest BCUT2D eigenvalue weighted by molar-refractivity contribution is -0.255. The first kappa shape index (κ1) is 29.0. The first-order chi connectivity index (χ1) is 18.6. The fourth-order valence-electron chi connectivity index (χ4n) is 5.18. The molecule has 2 atom stereocenters. The number of allylic oxidation sites excluding steroid dienone is 2. The minimum atomic E-state index is -1.47. The SMILES string of the molecule is COC1=CCC(C)(C(OCc2c(C)c(Cl)c(Cl)c(Cl)c2C(=O)[O-])(c2ccccc2)c2ccc(OC)cc2)C=C1. The van der Waals surface area contributed by atoms with Gasteiger partial charge < -0.3 is 24.1 Å². The zero-order valence-electron chi connectivity index (χ0n) is 22.0. The van der Waals surface area contributed by atoms with E-state index in [0.717, 1.165) is 16.9 Å². The van der Waals surface area contributed by atoms with E-state index in [-0.39, 0.29) is 27.2 Å². The highest BCUT2D eigenvalue weighted by Gasteiger charge is 2.51. The molecule has 0 heterocycles. The Morgan fingerprint density at radius 1 is 0.949 bits per heavy atom. The molecule has 0 N–H and O–H groups in total. The molecule has 204 valence electrons. The van der Waals surface area contributed by atoms with Crippen LogP contribution in [0.2, 0.25) is 15.1 Å². The van der Waals surface area contributed by atoms with Crippen molar-refractivity contribution in [2.24, 2.45) is 5.41 Å².